The summed E-state index contributed by atoms with van der Waals surface area (Å²) in [5.74, 6) is 0.826. The van der Waals surface area contributed by atoms with E-state index in [-0.39, 0.29) is 11.4 Å². The number of phenols is 1. The predicted octanol–water partition coefficient (Wildman–Crippen LogP) is 3.48. The topological polar surface area (TPSA) is 62.5 Å². The Bertz CT molecular complexity index is 735. The molecule has 1 aliphatic carbocycles. The van der Waals surface area contributed by atoms with E-state index in [0.29, 0.717) is 29.7 Å². The van der Waals surface area contributed by atoms with Crippen molar-refractivity contribution in [3.8, 4) is 5.75 Å². The first-order valence-corrected chi connectivity index (χ1v) is 8.05. The molecule has 0 aliphatic heterocycles. The van der Waals surface area contributed by atoms with Gasteiger partial charge in [0.05, 0.1) is 0 Å². The van der Waals surface area contributed by atoms with Gasteiger partial charge in [-0.3, -0.25) is 0 Å². The molecule has 22 heavy (non-hydrogen) atoms. The van der Waals surface area contributed by atoms with Crippen LogP contribution in [-0.2, 0) is 6.54 Å². The zero-order valence-corrected chi connectivity index (χ0v) is 13.2. The van der Waals surface area contributed by atoms with Crippen molar-refractivity contribution in [2.75, 3.05) is 0 Å². The van der Waals surface area contributed by atoms with E-state index in [1.165, 1.54) is 25.7 Å². The quantitative estimate of drug-likeness (QED) is 0.852. The van der Waals surface area contributed by atoms with Crippen molar-refractivity contribution < 1.29 is 9.52 Å². The van der Waals surface area contributed by atoms with Crippen molar-refractivity contribution in [3.05, 3.63) is 39.7 Å². The maximum atomic E-state index is 11.8. The normalized spacial score (nSPS) is 22.1. The van der Waals surface area contributed by atoms with Crippen LogP contribution in [0, 0.1) is 12.8 Å². The third kappa shape index (κ3) is 2.88. The van der Waals surface area contributed by atoms with Crippen molar-refractivity contribution in [3.63, 3.8) is 0 Å². The van der Waals surface area contributed by atoms with Gasteiger partial charge in [0, 0.05) is 29.6 Å². The molecule has 3 rings (SSSR count). The SMILES string of the molecule is Cc1c(O)ccc2c(CN[C@@H]3CCCC[C@@H]3C)cc(=O)oc12. The highest BCUT2D eigenvalue weighted by molar-refractivity contribution is 5.84. The molecule has 0 radical (unpaired) electrons. The molecule has 0 saturated heterocycles. The molecule has 0 unspecified atom stereocenters. The molecule has 4 heteroatoms. The van der Waals surface area contributed by atoms with Gasteiger partial charge in [-0.15, -0.1) is 0 Å². The number of rotatable bonds is 3. The average Bonchev–Trinajstić information content (AvgIpc) is 2.50. The second kappa shape index (κ2) is 6.13. The Labute approximate surface area is 130 Å². The van der Waals surface area contributed by atoms with Gasteiger partial charge < -0.3 is 14.8 Å². The smallest absolute Gasteiger partial charge is 0.336 e. The van der Waals surface area contributed by atoms with Crippen LogP contribution in [0.4, 0.5) is 0 Å². The molecule has 1 aromatic heterocycles. The summed E-state index contributed by atoms with van der Waals surface area (Å²) in [6.45, 7) is 4.71. The van der Waals surface area contributed by atoms with Gasteiger partial charge in [0.2, 0.25) is 0 Å². The Morgan fingerprint density at radius 3 is 2.86 bits per heavy atom. The van der Waals surface area contributed by atoms with Crippen molar-refractivity contribution in [2.24, 2.45) is 5.92 Å². The van der Waals surface area contributed by atoms with Crippen molar-refractivity contribution in [1.82, 2.24) is 5.32 Å². The number of hydrogen-bond acceptors (Lipinski definition) is 4. The van der Waals surface area contributed by atoms with Crippen molar-refractivity contribution in [1.29, 1.82) is 0 Å². The molecule has 118 valence electrons. The number of nitrogens with one attached hydrogen (secondary N) is 1. The van der Waals surface area contributed by atoms with Gasteiger partial charge in [0.1, 0.15) is 11.3 Å². The molecule has 0 amide bonds. The van der Waals surface area contributed by atoms with E-state index in [9.17, 15) is 9.90 Å². The number of phenolic OH excluding ortho intramolecular Hbond substituents is 1. The molecule has 2 N–H and O–H groups in total. The Hall–Kier alpha value is -1.81. The first-order valence-electron chi connectivity index (χ1n) is 8.05. The number of hydrogen-bond donors (Lipinski definition) is 2. The Morgan fingerprint density at radius 2 is 2.09 bits per heavy atom. The maximum Gasteiger partial charge on any atom is 0.336 e. The van der Waals surface area contributed by atoms with E-state index in [4.69, 9.17) is 4.42 Å². The Kier molecular flexibility index (Phi) is 4.21. The lowest BCUT2D eigenvalue weighted by Crippen LogP contribution is -2.36. The minimum Gasteiger partial charge on any atom is -0.508 e. The molecular formula is C18H23NO3. The number of fused-ring (bicyclic) bond motifs is 1. The second-order valence-corrected chi connectivity index (χ2v) is 6.43. The molecule has 2 aromatic rings. The van der Waals surface area contributed by atoms with Crippen LogP contribution in [0.5, 0.6) is 5.75 Å². The van der Waals surface area contributed by atoms with Crippen LogP contribution >= 0.6 is 0 Å². The summed E-state index contributed by atoms with van der Waals surface area (Å²) in [6, 6.07) is 5.54. The van der Waals surface area contributed by atoms with E-state index in [0.717, 1.165) is 10.9 Å². The Balaban J connectivity index is 1.90. The van der Waals surface area contributed by atoms with E-state index < -0.39 is 0 Å². The van der Waals surface area contributed by atoms with Crippen molar-refractivity contribution >= 4 is 11.0 Å². The first kappa shape index (κ1) is 15.1. The fourth-order valence-corrected chi connectivity index (χ4v) is 3.42. The largest absolute Gasteiger partial charge is 0.508 e. The molecule has 1 heterocycles. The number of aromatic hydroxyl groups is 1. The summed E-state index contributed by atoms with van der Waals surface area (Å²) in [7, 11) is 0. The van der Waals surface area contributed by atoms with Crippen LogP contribution in [0.25, 0.3) is 11.0 Å². The summed E-state index contributed by atoms with van der Waals surface area (Å²) in [5.41, 5.74) is 1.67. The van der Waals surface area contributed by atoms with Crippen LogP contribution in [0.15, 0.2) is 27.4 Å². The maximum absolute atomic E-state index is 11.8. The first-order chi connectivity index (χ1) is 10.6. The van der Waals surface area contributed by atoms with Gasteiger partial charge in [-0.25, -0.2) is 4.79 Å². The fourth-order valence-electron chi connectivity index (χ4n) is 3.42. The standard InChI is InChI=1S/C18H23NO3/c1-11-5-3-4-6-15(11)19-10-13-9-17(21)22-18-12(2)16(20)8-7-14(13)18/h7-9,11,15,19-20H,3-6,10H2,1-2H3/t11-,15+/m0/s1. The highest BCUT2D eigenvalue weighted by Gasteiger charge is 2.21. The molecule has 1 saturated carbocycles. The van der Waals surface area contributed by atoms with Gasteiger partial charge in [-0.1, -0.05) is 19.8 Å². The van der Waals surface area contributed by atoms with E-state index >= 15 is 0 Å². The molecule has 1 aliphatic rings. The summed E-state index contributed by atoms with van der Waals surface area (Å²) >= 11 is 0. The number of aryl methyl sites for hydroxylation is 1. The summed E-state index contributed by atoms with van der Waals surface area (Å²) in [6.07, 6.45) is 5.05. The van der Waals surface area contributed by atoms with Gasteiger partial charge in [-0.2, -0.15) is 0 Å². The zero-order valence-electron chi connectivity index (χ0n) is 13.2. The third-order valence-electron chi connectivity index (χ3n) is 4.88. The minimum atomic E-state index is -0.366. The monoisotopic (exact) mass is 301 g/mol. The van der Waals surface area contributed by atoms with Crippen LogP contribution in [0.3, 0.4) is 0 Å². The molecule has 0 bridgehead atoms. The lowest BCUT2D eigenvalue weighted by Gasteiger charge is -2.29. The summed E-state index contributed by atoms with van der Waals surface area (Å²) < 4.78 is 5.28. The van der Waals surface area contributed by atoms with E-state index in [2.05, 4.69) is 12.2 Å². The zero-order chi connectivity index (χ0) is 15.7. The Morgan fingerprint density at radius 1 is 1.32 bits per heavy atom. The van der Waals surface area contributed by atoms with Crippen LogP contribution < -0.4 is 10.9 Å². The fraction of sp³-hybridized carbons (Fsp3) is 0.500. The highest BCUT2D eigenvalue weighted by atomic mass is 16.4. The lowest BCUT2D eigenvalue weighted by atomic mass is 9.86. The molecule has 1 aromatic carbocycles. The van der Waals surface area contributed by atoms with E-state index in [1.54, 1.807) is 19.1 Å². The van der Waals surface area contributed by atoms with Gasteiger partial charge in [0.15, 0.2) is 0 Å². The van der Waals surface area contributed by atoms with Crippen LogP contribution in [0.1, 0.15) is 43.7 Å². The molecule has 1 fully saturated rings. The highest BCUT2D eigenvalue weighted by Crippen LogP contribution is 2.28. The molecule has 4 nitrogen and oxygen atoms in total. The van der Waals surface area contributed by atoms with Crippen molar-refractivity contribution in [2.45, 2.75) is 52.1 Å². The van der Waals surface area contributed by atoms with Gasteiger partial charge >= 0.3 is 5.63 Å². The average molecular weight is 301 g/mol. The molecule has 0 spiro atoms. The van der Waals surface area contributed by atoms with Gasteiger partial charge in [-0.05, 0) is 43.4 Å². The third-order valence-corrected chi connectivity index (χ3v) is 4.88. The van der Waals surface area contributed by atoms with Gasteiger partial charge in [0.25, 0.3) is 0 Å². The van der Waals surface area contributed by atoms with Crippen LogP contribution in [0.2, 0.25) is 0 Å². The van der Waals surface area contributed by atoms with Crippen LogP contribution in [-0.4, -0.2) is 11.1 Å². The van der Waals surface area contributed by atoms with E-state index in [1.807, 2.05) is 6.07 Å². The molecule has 2 atom stereocenters. The summed E-state index contributed by atoms with van der Waals surface area (Å²) in [5, 5.41) is 14.3. The second-order valence-electron chi connectivity index (χ2n) is 6.43. The number of benzene rings is 1. The lowest BCUT2D eigenvalue weighted by molar-refractivity contribution is 0.279. The summed E-state index contributed by atoms with van der Waals surface area (Å²) in [4.78, 5) is 11.8. The predicted molar refractivity (Wildman–Crippen MR) is 87.1 cm³/mol. The minimum absolute atomic E-state index is 0.154. The molecular weight excluding hydrogens is 278 g/mol.